The van der Waals surface area contributed by atoms with Crippen molar-refractivity contribution in [1.82, 2.24) is 4.57 Å². The third kappa shape index (κ3) is 4.79. The Hall–Kier alpha value is -4.30. The van der Waals surface area contributed by atoms with Gasteiger partial charge in [-0.25, -0.2) is 0 Å². The van der Waals surface area contributed by atoms with Crippen LogP contribution in [-0.4, -0.2) is 18.7 Å². The molecule has 0 aliphatic carbocycles. The normalized spacial score (nSPS) is 12.3. The Bertz CT molecular complexity index is 1880. The van der Waals surface area contributed by atoms with E-state index in [1.54, 1.807) is 0 Å². The van der Waals surface area contributed by atoms with Crippen molar-refractivity contribution >= 4 is 27.5 Å². The highest BCUT2D eigenvalue weighted by Gasteiger charge is 2.24. The second-order valence-corrected chi connectivity index (χ2v) is 13.8. The summed E-state index contributed by atoms with van der Waals surface area (Å²) in [6, 6.07) is 40.3. The third-order valence-corrected chi connectivity index (χ3v) is 8.46. The standard InChI is InChI=1S/C40H42N2/c1-39(2,3)29-24-28(25-30(26-29)40(4,5)6)32-20-15-23-36(38(32)41(7)8)42-35-22-13-12-18-33(35)34-21-14-19-31(37(34)42)27-16-10-9-11-17-27/h9-26H,1-8H3. The first-order valence-corrected chi connectivity index (χ1v) is 15.0. The van der Waals surface area contributed by atoms with Gasteiger partial charge in [-0.1, -0.05) is 139 Å². The lowest BCUT2D eigenvalue weighted by Crippen LogP contribution is -2.17. The summed E-state index contributed by atoms with van der Waals surface area (Å²) >= 11 is 0. The minimum Gasteiger partial charge on any atom is -0.375 e. The van der Waals surface area contributed by atoms with Crippen LogP contribution in [0.4, 0.5) is 5.69 Å². The van der Waals surface area contributed by atoms with E-state index in [2.05, 4.69) is 174 Å². The smallest absolute Gasteiger partial charge is 0.0702 e. The second-order valence-electron chi connectivity index (χ2n) is 13.8. The Morgan fingerprint density at radius 3 is 1.74 bits per heavy atom. The summed E-state index contributed by atoms with van der Waals surface area (Å²) in [5.74, 6) is 0. The molecular weight excluding hydrogens is 508 g/mol. The summed E-state index contributed by atoms with van der Waals surface area (Å²) in [7, 11) is 4.35. The molecule has 0 N–H and O–H groups in total. The van der Waals surface area contributed by atoms with Crippen molar-refractivity contribution in [3.63, 3.8) is 0 Å². The van der Waals surface area contributed by atoms with Gasteiger partial charge < -0.3 is 9.47 Å². The molecule has 0 aliphatic heterocycles. The number of hydrogen-bond donors (Lipinski definition) is 0. The van der Waals surface area contributed by atoms with Crippen molar-refractivity contribution in [2.75, 3.05) is 19.0 Å². The molecule has 0 saturated carbocycles. The number of anilines is 1. The molecule has 0 fully saturated rings. The van der Waals surface area contributed by atoms with Crippen LogP contribution >= 0.6 is 0 Å². The fourth-order valence-corrected chi connectivity index (χ4v) is 6.18. The highest BCUT2D eigenvalue weighted by Crippen LogP contribution is 2.44. The summed E-state index contributed by atoms with van der Waals surface area (Å²) in [6.45, 7) is 13.9. The van der Waals surface area contributed by atoms with Gasteiger partial charge in [0.15, 0.2) is 0 Å². The monoisotopic (exact) mass is 550 g/mol. The second kappa shape index (κ2) is 10.2. The summed E-state index contributed by atoms with van der Waals surface area (Å²) < 4.78 is 2.49. The lowest BCUT2D eigenvalue weighted by atomic mass is 9.78. The number of fused-ring (bicyclic) bond motifs is 3. The molecule has 0 saturated heterocycles. The highest BCUT2D eigenvalue weighted by atomic mass is 15.1. The van der Waals surface area contributed by atoms with Crippen LogP contribution in [0.2, 0.25) is 0 Å². The molecule has 0 atom stereocenters. The van der Waals surface area contributed by atoms with Crippen molar-refractivity contribution in [2.45, 2.75) is 52.4 Å². The zero-order chi connectivity index (χ0) is 29.8. The quantitative estimate of drug-likeness (QED) is 0.212. The van der Waals surface area contributed by atoms with Gasteiger partial charge in [0, 0.05) is 36.0 Å². The molecule has 0 bridgehead atoms. The maximum atomic E-state index is 2.49. The predicted octanol–water partition coefficient (Wildman–Crippen LogP) is 10.8. The average Bonchev–Trinajstić information content (AvgIpc) is 3.30. The summed E-state index contributed by atoms with van der Waals surface area (Å²) in [4.78, 5) is 2.29. The van der Waals surface area contributed by atoms with Gasteiger partial charge in [-0.15, -0.1) is 0 Å². The fraction of sp³-hybridized carbons (Fsp3) is 0.250. The lowest BCUT2D eigenvalue weighted by molar-refractivity contribution is 0.569. The first-order chi connectivity index (χ1) is 19.9. The molecule has 5 aromatic carbocycles. The van der Waals surface area contributed by atoms with E-state index in [1.807, 2.05) is 0 Å². The summed E-state index contributed by atoms with van der Waals surface area (Å²) in [5.41, 5.74) is 12.7. The fourth-order valence-electron chi connectivity index (χ4n) is 6.18. The van der Waals surface area contributed by atoms with Crippen LogP contribution in [0, 0.1) is 0 Å². The summed E-state index contributed by atoms with van der Waals surface area (Å²) in [6.07, 6.45) is 0. The van der Waals surface area contributed by atoms with Crippen molar-refractivity contribution in [3.05, 3.63) is 120 Å². The molecule has 0 unspecified atom stereocenters. The molecule has 6 rings (SSSR count). The Labute approximate surface area is 251 Å². The average molecular weight is 551 g/mol. The summed E-state index contributed by atoms with van der Waals surface area (Å²) in [5, 5.41) is 2.54. The predicted molar refractivity (Wildman–Crippen MR) is 183 cm³/mol. The molecule has 0 radical (unpaired) electrons. The molecule has 6 aromatic rings. The minimum absolute atomic E-state index is 0.0450. The number of para-hydroxylation sites is 3. The number of benzene rings is 5. The van der Waals surface area contributed by atoms with Crippen molar-refractivity contribution in [3.8, 4) is 27.9 Å². The van der Waals surface area contributed by atoms with Crippen LogP contribution in [0.3, 0.4) is 0 Å². The van der Waals surface area contributed by atoms with E-state index in [4.69, 9.17) is 0 Å². The lowest BCUT2D eigenvalue weighted by Gasteiger charge is -2.28. The third-order valence-electron chi connectivity index (χ3n) is 8.46. The molecule has 0 aliphatic rings. The van der Waals surface area contributed by atoms with E-state index in [9.17, 15) is 0 Å². The Balaban J connectivity index is 1.72. The highest BCUT2D eigenvalue weighted by molar-refractivity contribution is 6.14. The first-order valence-electron chi connectivity index (χ1n) is 15.0. The number of rotatable bonds is 4. The molecule has 2 nitrogen and oxygen atoms in total. The van der Waals surface area contributed by atoms with Gasteiger partial charge in [0.05, 0.1) is 22.4 Å². The number of hydrogen-bond acceptors (Lipinski definition) is 1. The Morgan fingerprint density at radius 1 is 0.524 bits per heavy atom. The largest absolute Gasteiger partial charge is 0.375 e. The van der Waals surface area contributed by atoms with Crippen LogP contribution < -0.4 is 4.90 Å². The van der Waals surface area contributed by atoms with Crippen LogP contribution in [0.5, 0.6) is 0 Å². The molecular formula is C40H42N2. The maximum Gasteiger partial charge on any atom is 0.0702 e. The number of nitrogens with zero attached hydrogens (tertiary/aromatic N) is 2. The maximum absolute atomic E-state index is 2.49. The van der Waals surface area contributed by atoms with E-state index in [1.165, 1.54) is 66.6 Å². The van der Waals surface area contributed by atoms with Gasteiger partial charge in [-0.3, -0.25) is 0 Å². The van der Waals surface area contributed by atoms with E-state index < -0.39 is 0 Å². The van der Waals surface area contributed by atoms with Crippen LogP contribution in [0.1, 0.15) is 52.7 Å². The van der Waals surface area contributed by atoms with Crippen molar-refractivity contribution in [1.29, 1.82) is 0 Å². The zero-order valence-electron chi connectivity index (χ0n) is 26.3. The molecule has 1 heterocycles. The topological polar surface area (TPSA) is 8.17 Å². The van der Waals surface area contributed by atoms with Crippen LogP contribution in [-0.2, 0) is 10.8 Å². The molecule has 42 heavy (non-hydrogen) atoms. The van der Waals surface area contributed by atoms with Crippen molar-refractivity contribution in [2.24, 2.45) is 0 Å². The van der Waals surface area contributed by atoms with E-state index >= 15 is 0 Å². The van der Waals surface area contributed by atoms with Gasteiger partial charge in [0.2, 0.25) is 0 Å². The van der Waals surface area contributed by atoms with E-state index in [0.717, 1.165) is 0 Å². The number of aromatic nitrogens is 1. The molecule has 0 amide bonds. The molecule has 0 spiro atoms. The van der Waals surface area contributed by atoms with E-state index in [0.29, 0.717) is 0 Å². The Morgan fingerprint density at radius 2 is 1.10 bits per heavy atom. The van der Waals surface area contributed by atoms with Gasteiger partial charge in [-0.05, 0) is 45.2 Å². The van der Waals surface area contributed by atoms with Gasteiger partial charge >= 0.3 is 0 Å². The molecule has 212 valence electrons. The minimum atomic E-state index is 0.0450. The van der Waals surface area contributed by atoms with Gasteiger partial charge in [-0.2, -0.15) is 0 Å². The first kappa shape index (κ1) is 27.8. The van der Waals surface area contributed by atoms with Gasteiger partial charge in [0.1, 0.15) is 0 Å². The molecule has 2 heteroatoms. The van der Waals surface area contributed by atoms with Crippen molar-refractivity contribution < 1.29 is 0 Å². The van der Waals surface area contributed by atoms with Crippen LogP contribution in [0.15, 0.2) is 109 Å². The molecule has 1 aromatic heterocycles. The Kier molecular flexibility index (Phi) is 6.77. The van der Waals surface area contributed by atoms with E-state index in [-0.39, 0.29) is 10.8 Å². The SMILES string of the molecule is CN(C)c1c(-c2cc(C(C)(C)C)cc(C(C)(C)C)c2)cccc1-n1c2ccccc2c2cccc(-c3ccccc3)c21. The zero-order valence-corrected chi connectivity index (χ0v) is 26.3. The van der Waals surface area contributed by atoms with Gasteiger partial charge in [0.25, 0.3) is 0 Å². The van der Waals surface area contributed by atoms with Crippen LogP contribution in [0.25, 0.3) is 49.7 Å².